The average Bonchev–Trinajstić information content (AvgIpc) is 3.01. The topological polar surface area (TPSA) is 75.7 Å². The third kappa shape index (κ3) is 5.23. The number of nitrogens with one attached hydrogen (secondary N) is 1. The summed E-state index contributed by atoms with van der Waals surface area (Å²) in [7, 11) is -1.02. The summed E-state index contributed by atoms with van der Waals surface area (Å²) >= 11 is 0. The van der Waals surface area contributed by atoms with Gasteiger partial charge < -0.3 is 15.0 Å². The SMILES string of the molecule is Cc1ccc(OCC(=O)Nc2ccc(N(C)C3CCS(=O)(=O)C3)cc2)cc1. The van der Waals surface area contributed by atoms with Crippen LogP contribution in [-0.2, 0) is 14.6 Å². The molecule has 1 fully saturated rings. The van der Waals surface area contributed by atoms with Crippen molar-refractivity contribution in [1.29, 1.82) is 0 Å². The normalized spacial score (nSPS) is 18.1. The van der Waals surface area contributed by atoms with Crippen LogP contribution in [0, 0.1) is 6.92 Å². The summed E-state index contributed by atoms with van der Waals surface area (Å²) in [5, 5.41) is 2.79. The Morgan fingerprint density at radius 1 is 1.15 bits per heavy atom. The van der Waals surface area contributed by atoms with Crippen molar-refractivity contribution >= 4 is 27.1 Å². The fourth-order valence-electron chi connectivity index (χ4n) is 3.05. The number of ether oxygens (including phenoxy) is 1. The Morgan fingerprint density at radius 3 is 2.41 bits per heavy atom. The second kappa shape index (κ2) is 8.00. The predicted molar refractivity (Wildman–Crippen MR) is 107 cm³/mol. The number of sulfone groups is 1. The summed E-state index contributed by atoms with van der Waals surface area (Å²) in [4.78, 5) is 14.0. The zero-order chi connectivity index (χ0) is 19.4. The Balaban J connectivity index is 1.52. The van der Waals surface area contributed by atoms with Gasteiger partial charge in [-0.05, 0) is 49.7 Å². The molecule has 1 unspecified atom stereocenters. The molecule has 0 aliphatic carbocycles. The Hall–Kier alpha value is -2.54. The lowest BCUT2D eigenvalue weighted by molar-refractivity contribution is -0.118. The van der Waals surface area contributed by atoms with Gasteiger partial charge in [0.25, 0.3) is 5.91 Å². The number of nitrogens with zero attached hydrogens (tertiary/aromatic N) is 1. The van der Waals surface area contributed by atoms with E-state index in [1.54, 1.807) is 12.1 Å². The first-order chi connectivity index (χ1) is 12.8. The van der Waals surface area contributed by atoms with E-state index in [0.717, 1.165) is 11.3 Å². The van der Waals surface area contributed by atoms with E-state index in [-0.39, 0.29) is 30.1 Å². The first-order valence-electron chi connectivity index (χ1n) is 8.85. The summed E-state index contributed by atoms with van der Waals surface area (Å²) in [6.45, 7) is 1.92. The lowest BCUT2D eigenvalue weighted by Gasteiger charge is -2.25. The molecule has 1 aliphatic rings. The third-order valence-corrected chi connectivity index (χ3v) is 6.46. The van der Waals surface area contributed by atoms with Gasteiger partial charge in [0.05, 0.1) is 11.5 Å². The predicted octanol–water partition coefficient (Wildman–Crippen LogP) is 2.64. The summed E-state index contributed by atoms with van der Waals surface area (Å²) in [6.07, 6.45) is 0.646. The van der Waals surface area contributed by atoms with E-state index in [0.29, 0.717) is 17.9 Å². The van der Waals surface area contributed by atoms with Crippen LogP contribution in [0.4, 0.5) is 11.4 Å². The minimum atomic E-state index is -2.92. The van der Waals surface area contributed by atoms with E-state index in [1.807, 2.05) is 55.3 Å². The molecule has 2 aromatic carbocycles. The van der Waals surface area contributed by atoms with E-state index >= 15 is 0 Å². The molecule has 0 aromatic heterocycles. The van der Waals surface area contributed by atoms with Crippen molar-refractivity contribution in [3.05, 3.63) is 54.1 Å². The zero-order valence-electron chi connectivity index (χ0n) is 15.5. The molecule has 1 amide bonds. The number of rotatable bonds is 6. The number of amides is 1. The fourth-order valence-corrected chi connectivity index (χ4v) is 4.83. The molecule has 0 spiro atoms. The van der Waals surface area contributed by atoms with Gasteiger partial charge in [-0.15, -0.1) is 0 Å². The highest BCUT2D eigenvalue weighted by Crippen LogP contribution is 2.24. The van der Waals surface area contributed by atoms with Crippen LogP contribution < -0.4 is 15.0 Å². The zero-order valence-corrected chi connectivity index (χ0v) is 16.3. The summed E-state index contributed by atoms with van der Waals surface area (Å²) in [5.74, 6) is 0.855. The third-order valence-electron chi connectivity index (χ3n) is 4.71. The number of carbonyl (C=O) groups is 1. The van der Waals surface area contributed by atoms with Gasteiger partial charge in [-0.2, -0.15) is 0 Å². The molecule has 0 radical (unpaired) electrons. The minimum Gasteiger partial charge on any atom is -0.484 e. The highest BCUT2D eigenvalue weighted by Gasteiger charge is 2.30. The quantitative estimate of drug-likeness (QED) is 0.823. The summed E-state index contributed by atoms with van der Waals surface area (Å²) < 4.78 is 28.8. The van der Waals surface area contributed by atoms with Gasteiger partial charge in [0.1, 0.15) is 5.75 Å². The Morgan fingerprint density at radius 2 is 1.81 bits per heavy atom. The molecule has 6 nitrogen and oxygen atoms in total. The smallest absolute Gasteiger partial charge is 0.262 e. The molecule has 2 aromatic rings. The molecular weight excluding hydrogens is 364 g/mol. The second-order valence-electron chi connectivity index (χ2n) is 6.86. The van der Waals surface area contributed by atoms with Crippen LogP contribution in [0.5, 0.6) is 5.75 Å². The maximum Gasteiger partial charge on any atom is 0.262 e. The lowest BCUT2D eigenvalue weighted by Crippen LogP contribution is -2.32. The van der Waals surface area contributed by atoms with Crippen molar-refractivity contribution in [2.24, 2.45) is 0 Å². The number of hydrogen-bond acceptors (Lipinski definition) is 5. The van der Waals surface area contributed by atoms with Crippen LogP contribution in [0.15, 0.2) is 48.5 Å². The van der Waals surface area contributed by atoms with Crippen molar-refractivity contribution in [2.45, 2.75) is 19.4 Å². The standard InChI is InChI=1S/C20H24N2O4S/c1-15-3-9-19(10-4-15)26-13-20(23)21-16-5-7-17(8-6-16)22(2)18-11-12-27(24,25)14-18/h3-10,18H,11-14H2,1-2H3,(H,21,23). The van der Waals surface area contributed by atoms with Crippen LogP contribution >= 0.6 is 0 Å². The van der Waals surface area contributed by atoms with Crippen LogP contribution in [0.2, 0.25) is 0 Å². The van der Waals surface area contributed by atoms with Gasteiger partial charge in [0.15, 0.2) is 16.4 Å². The molecule has 1 heterocycles. The summed E-state index contributed by atoms with van der Waals surface area (Å²) in [5.41, 5.74) is 2.72. The van der Waals surface area contributed by atoms with Gasteiger partial charge in [-0.25, -0.2) is 8.42 Å². The first kappa shape index (κ1) is 19.2. The van der Waals surface area contributed by atoms with Crippen molar-refractivity contribution in [3.63, 3.8) is 0 Å². The van der Waals surface area contributed by atoms with Gasteiger partial charge in [-0.3, -0.25) is 4.79 Å². The van der Waals surface area contributed by atoms with E-state index in [1.165, 1.54) is 0 Å². The fraction of sp³-hybridized carbons (Fsp3) is 0.350. The van der Waals surface area contributed by atoms with Crippen molar-refractivity contribution in [3.8, 4) is 5.75 Å². The summed E-state index contributed by atoms with van der Waals surface area (Å²) in [6, 6.07) is 14.9. The molecule has 7 heteroatoms. The average molecular weight is 388 g/mol. The largest absolute Gasteiger partial charge is 0.484 e. The van der Waals surface area contributed by atoms with E-state index in [4.69, 9.17) is 4.74 Å². The maximum atomic E-state index is 12.0. The Kier molecular flexibility index (Phi) is 5.70. The molecule has 1 atom stereocenters. The molecule has 27 heavy (non-hydrogen) atoms. The lowest BCUT2D eigenvalue weighted by atomic mass is 10.2. The second-order valence-corrected chi connectivity index (χ2v) is 9.09. The van der Waals surface area contributed by atoms with Crippen LogP contribution in [0.3, 0.4) is 0 Å². The van der Waals surface area contributed by atoms with Gasteiger partial charge >= 0.3 is 0 Å². The number of benzene rings is 2. The molecule has 1 N–H and O–H groups in total. The van der Waals surface area contributed by atoms with Gasteiger partial charge in [0, 0.05) is 24.5 Å². The monoisotopic (exact) mass is 388 g/mol. The highest BCUT2D eigenvalue weighted by molar-refractivity contribution is 7.91. The molecule has 3 rings (SSSR count). The van der Waals surface area contributed by atoms with E-state index in [2.05, 4.69) is 5.32 Å². The van der Waals surface area contributed by atoms with Crippen LogP contribution in [0.1, 0.15) is 12.0 Å². The molecule has 1 saturated heterocycles. The molecular formula is C20H24N2O4S. The van der Waals surface area contributed by atoms with Crippen LogP contribution in [0.25, 0.3) is 0 Å². The maximum absolute atomic E-state index is 12.0. The molecule has 144 valence electrons. The number of aryl methyl sites for hydroxylation is 1. The van der Waals surface area contributed by atoms with Crippen molar-refractivity contribution < 1.29 is 17.9 Å². The Labute approximate surface area is 160 Å². The van der Waals surface area contributed by atoms with Crippen molar-refractivity contribution in [1.82, 2.24) is 0 Å². The molecule has 0 bridgehead atoms. The van der Waals surface area contributed by atoms with Crippen molar-refractivity contribution in [2.75, 3.05) is 35.4 Å². The van der Waals surface area contributed by atoms with Gasteiger partial charge in [0.2, 0.25) is 0 Å². The molecule has 1 aliphatic heterocycles. The highest BCUT2D eigenvalue weighted by atomic mass is 32.2. The minimum absolute atomic E-state index is 0.00153. The van der Waals surface area contributed by atoms with Crippen LogP contribution in [-0.4, -0.2) is 45.5 Å². The number of carbonyl (C=O) groups excluding carboxylic acids is 1. The van der Waals surface area contributed by atoms with E-state index < -0.39 is 9.84 Å². The number of anilines is 2. The number of hydrogen-bond donors (Lipinski definition) is 1. The molecule has 0 saturated carbocycles. The van der Waals surface area contributed by atoms with E-state index in [9.17, 15) is 13.2 Å². The Bertz CT molecular complexity index is 893. The van der Waals surface area contributed by atoms with Gasteiger partial charge in [-0.1, -0.05) is 17.7 Å². The first-order valence-corrected chi connectivity index (χ1v) is 10.7.